The number of aromatic hydroxyl groups is 1. The summed E-state index contributed by atoms with van der Waals surface area (Å²) in [4.78, 5) is 29.4. The molecule has 27 heavy (non-hydrogen) atoms. The zero-order chi connectivity index (χ0) is 19.7. The molecule has 0 fully saturated rings. The van der Waals surface area contributed by atoms with Crippen molar-refractivity contribution in [2.24, 2.45) is 10.9 Å². The highest BCUT2D eigenvalue weighted by Crippen LogP contribution is 2.43. The van der Waals surface area contributed by atoms with Gasteiger partial charge in [0.15, 0.2) is 0 Å². The molecule has 0 radical (unpaired) electrons. The van der Waals surface area contributed by atoms with Crippen molar-refractivity contribution in [3.63, 3.8) is 0 Å². The highest BCUT2D eigenvalue weighted by atomic mass is 16.5. The normalized spacial score (nSPS) is 19.6. The smallest absolute Gasteiger partial charge is 0.336 e. The number of nitrogens with zero attached hydrogens (tertiary/aromatic N) is 1. The fraction of sp³-hybridized carbons (Fsp3) is 0.286. The number of rotatable bonds is 3. The average Bonchev–Trinajstić information content (AvgIpc) is 2.66. The van der Waals surface area contributed by atoms with Crippen LogP contribution in [0.1, 0.15) is 25.5 Å². The van der Waals surface area contributed by atoms with Gasteiger partial charge in [0.25, 0.3) is 0 Å². The Labute approximate surface area is 157 Å². The minimum absolute atomic E-state index is 0.0287. The first-order valence-electron chi connectivity index (χ1n) is 8.52. The second kappa shape index (κ2) is 7.23. The van der Waals surface area contributed by atoms with E-state index in [2.05, 4.69) is 4.99 Å². The summed E-state index contributed by atoms with van der Waals surface area (Å²) in [5, 5.41) is 12.3. The zero-order valence-electron chi connectivity index (χ0n) is 15.6. The van der Waals surface area contributed by atoms with Crippen molar-refractivity contribution in [2.75, 3.05) is 14.2 Å². The number of ether oxygens (including phenoxy) is 2. The Hall–Kier alpha value is -3.15. The topological polar surface area (TPSA) is 85.2 Å². The van der Waals surface area contributed by atoms with Gasteiger partial charge in [-0.3, -0.25) is 9.79 Å². The van der Waals surface area contributed by atoms with E-state index >= 15 is 0 Å². The molecule has 0 amide bonds. The Balaban J connectivity index is 2.30. The molecule has 1 unspecified atom stereocenters. The molecule has 6 heteroatoms. The third kappa shape index (κ3) is 3.07. The van der Waals surface area contributed by atoms with E-state index in [0.717, 1.165) is 10.8 Å². The number of benzene rings is 2. The number of carbonyl (C=O) groups is 2. The Morgan fingerprint density at radius 3 is 2.41 bits per heavy atom. The van der Waals surface area contributed by atoms with E-state index in [0.29, 0.717) is 16.8 Å². The molecule has 0 spiro atoms. The fourth-order valence-electron chi connectivity index (χ4n) is 3.66. The van der Waals surface area contributed by atoms with E-state index in [9.17, 15) is 14.7 Å². The molecule has 140 valence electrons. The molecule has 1 N–H and O–H groups in total. The third-order valence-electron chi connectivity index (χ3n) is 4.95. The van der Waals surface area contributed by atoms with Crippen LogP contribution in [0.2, 0.25) is 0 Å². The highest BCUT2D eigenvalue weighted by molar-refractivity contribution is 6.08. The first kappa shape index (κ1) is 18.6. The molecular weight excluding hydrogens is 346 g/mol. The van der Waals surface area contributed by atoms with Gasteiger partial charge in [0.2, 0.25) is 0 Å². The quantitative estimate of drug-likeness (QED) is 0.841. The Morgan fingerprint density at radius 2 is 1.74 bits per heavy atom. The maximum Gasteiger partial charge on any atom is 0.336 e. The van der Waals surface area contributed by atoms with Crippen molar-refractivity contribution in [3.05, 3.63) is 53.1 Å². The summed E-state index contributed by atoms with van der Waals surface area (Å²) >= 11 is 0. The molecule has 1 aliphatic heterocycles. The van der Waals surface area contributed by atoms with Crippen LogP contribution in [0.25, 0.3) is 10.8 Å². The minimum Gasteiger partial charge on any atom is -0.508 e. The summed E-state index contributed by atoms with van der Waals surface area (Å²) in [5.74, 6) is -1.80. The number of fused-ring (bicyclic) bond motifs is 1. The zero-order valence-corrected chi connectivity index (χ0v) is 15.6. The van der Waals surface area contributed by atoms with Crippen LogP contribution in [0, 0.1) is 5.92 Å². The second-order valence-electron chi connectivity index (χ2n) is 6.44. The Kier molecular flexibility index (Phi) is 4.99. The molecule has 2 atom stereocenters. The monoisotopic (exact) mass is 367 g/mol. The van der Waals surface area contributed by atoms with Gasteiger partial charge in [0, 0.05) is 11.3 Å². The van der Waals surface area contributed by atoms with Crippen LogP contribution in [0.3, 0.4) is 0 Å². The fourth-order valence-corrected chi connectivity index (χ4v) is 3.66. The number of phenols is 1. The Bertz CT molecular complexity index is 989. The van der Waals surface area contributed by atoms with Gasteiger partial charge in [-0.25, -0.2) is 4.79 Å². The van der Waals surface area contributed by atoms with Gasteiger partial charge in [0.1, 0.15) is 17.7 Å². The summed E-state index contributed by atoms with van der Waals surface area (Å²) in [5.41, 5.74) is 1.78. The van der Waals surface area contributed by atoms with E-state index in [1.807, 2.05) is 24.3 Å². The number of hydrogen-bond acceptors (Lipinski definition) is 6. The minimum atomic E-state index is -0.774. The molecule has 1 heterocycles. The summed E-state index contributed by atoms with van der Waals surface area (Å²) < 4.78 is 9.83. The number of esters is 2. The van der Waals surface area contributed by atoms with Gasteiger partial charge in [-0.15, -0.1) is 0 Å². The molecule has 0 saturated heterocycles. The van der Waals surface area contributed by atoms with E-state index in [1.54, 1.807) is 26.0 Å². The van der Waals surface area contributed by atoms with Gasteiger partial charge in [0.05, 0.1) is 19.8 Å². The Morgan fingerprint density at radius 1 is 1.04 bits per heavy atom. The molecule has 0 aliphatic carbocycles. The van der Waals surface area contributed by atoms with Crippen LogP contribution >= 0.6 is 0 Å². The number of phenolic OH excluding ortho intramolecular Hbond substituents is 1. The molecule has 0 aromatic heterocycles. The third-order valence-corrected chi connectivity index (χ3v) is 4.95. The van der Waals surface area contributed by atoms with Crippen LogP contribution < -0.4 is 0 Å². The number of dihydropyridines is 1. The second-order valence-corrected chi connectivity index (χ2v) is 6.44. The maximum absolute atomic E-state index is 12.6. The van der Waals surface area contributed by atoms with Crippen LogP contribution in [0.5, 0.6) is 5.75 Å². The lowest BCUT2D eigenvalue weighted by Gasteiger charge is -2.29. The maximum atomic E-state index is 12.6. The van der Waals surface area contributed by atoms with Crippen molar-refractivity contribution in [2.45, 2.75) is 19.9 Å². The standard InChI is InChI=1S/C21H21NO5/c1-11-16(20(24)26-3)12(2)22-19(17(11)21(25)27-4)18-14-8-6-5-7-13(14)9-10-15(18)23/h5-10,16,19,23H,1-4H3/t16?,19-/m0/s1. The van der Waals surface area contributed by atoms with Gasteiger partial charge in [-0.05, 0) is 36.3 Å². The number of aliphatic imine (C=N–C) groups is 1. The molecular formula is C21H21NO5. The van der Waals surface area contributed by atoms with Crippen LogP contribution in [0.4, 0.5) is 0 Å². The molecule has 6 nitrogen and oxygen atoms in total. The first-order valence-corrected chi connectivity index (χ1v) is 8.52. The van der Waals surface area contributed by atoms with Crippen LogP contribution in [-0.4, -0.2) is 37.0 Å². The van der Waals surface area contributed by atoms with Gasteiger partial charge >= 0.3 is 11.9 Å². The van der Waals surface area contributed by atoms with Crippen molar-refractivity contribution < 1.29 is 24.2 Å². The molecule has 3 rings (SSSR count). The van der Waals surface area contributed by atoms with Crippen molar-refractivity contribution in [1.82, 2.24) is 0 Å². The predicted molar refractivity (Wildman–Crippen MR) is 102 cm³/mol. The molecule has 2 aromatic rings. The lowest BCUT2D eigenvalue weighted by Crippen LogP contribution is -2.32. The van der Waals surface area contributed by atoms with E-state index in [-0.39, 0.29) is 11.3 Å². The van der Waals surface area contributed by atoms with E-state index in [1.165, 1.54) is 14.2 Å². The number of carbonyl (C=O) groups excluding carboxylic acids is 2. The van der Waals surface area contributed by atoms with Crippen molar-refractivity contribution in [3.8, 4) is 5.75 Å². The molecule has 2 aromatic carbocycles. The molecule has 1 aliphatic rings. The van der Waals surface area contributed by atoms with E-state index in [4.69, 9.17) is 9.47 Å². The van der Waals surface area contributed by atoms with E-state index < -0.39 is 23.9 Å². The summed E-state index contributed by atoms with van der Waals surface area (Å²) in [7, 11) is 2.57. The lowest BCUT2D eigenvalue weighted by molar-refractivity contribution is -0.142. The van der Waals surface area contributed by atoms with Crippen LogP contribution in [0.15, 0.2) is 52.5 Å². The highest BCUT2D eigenvalue weighted by Gasteiger charge is 2.38. The van der Waals surface area contributed by atoms with Gasteiger partial charge in [-0.2, -0.15) is 0 Å². The predicted octanol–water partition coefficient (Wildman–Crippen LogP) is 3.34. The van der Waals surface area contributed by atoms with Crippen LogP contribution in [-0.2, 0) is 19.1 Å². The first-order chi connectivity index (χ1) is 12.9. The lowest BCUT2D eigenvalue weighted by atomic mass is 9.82. The van der Waals surface area contributed by atoms with Gasteiger partial charge < -0.3 is 14.6 Å². The van der Waals surface area contributed by atoms with Gasteiger partial charge in [-0.1, -0.05) is 30.3 Å². The summed E-state index contributed by atoms with van der Waals surface area (Å²) in [6.45, 7) is 3.41. The SMILES string of the molecule is COC(=O)C1=C(C)C(C(=O)OC)C(C)=N[C@@H]1c1c(O)ccc2ccccc12. The number of hydrogen-bond donors (Lipinski definition) is 1. The number of methoxy groups -OCH3 is 2. The largest absolute Gasteiger partial charge is 0.508 e. The summed E-state index contributed by atoms with van der Waals surface area (Å²) in [6.07, 6.45) is 0. The average molecular weight is 367 g/mol. The molecule has 0 bridgehead atoms. The summed E-state index contributed by atoms with van der Waals surface area (Å²) in [6, 6.07) is 10.2. The molecule has 0 saturated carbocycles. The van der Waals surface area contributed by atoms with Crippen molar-refractivity contribution in [1.29, 1.82) is 0 Å². The van der Waals surface area contributed by atoms with Crippen molar-refractivity contribution >= 4 is 28.4 Å².